The zero-order valence-electron chi connectivity index (χ0n) is 9.25. The molecule has 0 radical (unpaired) electrons. The topological polar surface area (TPSA) is 88.2 Å². The Morgan fingerprint density at radius 3 is 2.72 bits per heavy atom. The smallest absolute Gasteiger partial charge is 0.358 e. The molecule has 0 spiro atoms. The number of rotatable bonds is 4. The Bertz CT molecular complexity index is 583. The second-order valence-corrected chi connectivity index (χ2v) is 3.52. The summed E-state index contributed by atoms with van der Waals surface area (Å²) in [6.07, 6.45) is 0. The second kappa shape index (κ2) is 4.92. The first-order valence-corrected chi connectivity index (χ1v) is 5.17. The lowest BCUT2D eigenvalue weighted by atomic mass is 10.1. The van der Waals surface area contributed by atoms with Crippen LogP contribution in [0.1, 0.15) is 10.5 Å². The van der Waals surface area contributed by atoms with Crippen molar-refractivity contribution >= 4 is 5.97 Å². The number of carbonyl (C=O) groups is 1. The summed E-state index contributed by atoms with van der Waals surface area (Å²) in [6.45, 7) is -0.201. The van der Waals surface area contributed by atoms with Gasteiger partial charge in [0.2, 0.25) is 0 Å². The van der Waals surface area contributed by atoms with Gasteiger partial charge in [-0.3, -0.25) is 0 Å². The summed E-state index contributed by atoms with van der Waals surface area (Å²) in [5.74, 6) is -1.86. The number of aromatic nitrogens is 3. The lowest BCUT2D eigenvalue weighted by molar-refractivity contribution is 0.0691. The van der Waals surface area contributed by atoms with Crippen molar-refractivity contribution in [3.8, 4) is 11.3 Å². The predicted molar refractivity (Wildman–Crippen MR) is 59.5 cm³/mol. The van der Waals surface area contributed by atoms with E-state index in [1.165, 1.54) is 22.9 Å². The van der Waals surface area contributed by atoms with Gasteiger partial charge in [-0.1, -0.05) is 17.3 Å². The van der Waals surface area contributed by atoms with E-state index in [0.29, 0.717) is 0 Å². The lowest BCUT2D eigenvalue weighted by Gasteiger charge is -2.06. The van der Waals surface area contributed by atoms with E-state index in [0.717, 1.165) is 0 Å². The van der Waals surface area contributed by atoms with E-state index >= 15 is 0 Å². The van der Waals surface area contributed by atoms with Crippen LogP contribution in [-0.4, -0.2) is 37.8 Å². The Hall–Kier alpha value is -2.28. The molecule has 0 saturated carbocycles. The second-order valence-electron chi connectivity index (χ2n) is 3.52. The van der Waals surface area contributed by atoms with Crippen LogP contribution >= 0.6 is 0 Å². The minimum atomic E-state index is -1.29. The van der Waals surface area contributed by atoms with Crippen LogP contribution in [0, 0.1) is 5.82 Å². The van der Waals surface area contributed by atoms with Gasteiger partial charge >= 0.3 is 5.97 Å². The van der Waals surface area contributed by atoms with Crippen LogP contribution in [0.25, 0.3) is 11.3 Å². The number of hydrogen-bond donors (Lipinski definition) is 2. The Morgan fingerprint density at radius 2 is 2.11 bits per heavy atom. The van der Waals surface area contributed by atoms with Crippen LogP contribution in [0.4, 0.5) is 4.39 Å². The number of halogens is 1. The van der Waals surface area contributed by atoms with Crippen molar-refractivity contribution in [2.75, 3.05) is 6.61 Å². The molecule has 2 N–H and O–H groups in total. The molecule has 7 heteroatoms. The van der Waals surface area contributed by atoms with Gasteiger partial charge in [-0.2, -0.15) is 0 Å². The third kappa shape index (κ3) is 2.07. The number of aliphatic hydroxyl groups excluding tert-OH is 1. The molecule has 0 amide bonds. The molecule has 0 aliphatic heterocycles. The third-order valence-electron chi connectivity index (χ3n) is 2.38. The molecular weight excluding hydrogens is 241 g/mol. The molecule has 1 aromatic carbocycles. The SMILES string of the molecule is O=C(O)c1nnn(CCO)c1-c1ccccc1F. The quantitative estimate of drug-likeness (QED) is 0.838. The van der Waals surface area contributed by atoms with E-state index < -0.39 is 11.8 Å². The fraction of sp³-hybridized carbons (Fsp3) is 0.182. The molecule has 0 aliphatic rings. The molecule has 6 nitrogen and oxygen atoms in total. The van der Waals surface area contributed by atoms with E-state index in [2.05, 4.69) is 10.3 Å². The van der Waals surface area contributed by atoms with Crippen LogP contribution in [0.5, 0.6) is 0 Å². The van der Waals surface area contributed by atoms with Crippen molar-refractivity contribution in [1.82, 2.24) is 15.0 Å². The molecule has 0 fully saturated rings. The van der Waals surface area contributed by atoms with E-state index in [1.54, 1.807) is 6.07 Å². The summed E-state index contributed by atoms with van der Waals surface area (Å²) >= 11 is 0. The summed E-state index contributed by atoms with van der Waals surface area (Å²) < 4.78 is 14.9. The van der Waals surface area contributed by atoms with Crippen LogP contribution in [0.15, 0.2) is 24.3 Å². The minimum Gasteiger partial charge on any atom is -0.476 e. The van der Waals surface area contributed by atoms with E-state index in [-0.39, 0.29) is 30.1 Å². The van der Waals surface area contributed by atoms with Crippen LogP contribution in [0.2, 0.25) is 0 Å². The maximum Gasteiger partial charge on any atom is 0.358 e. The normalized spacial score (nSPS) is 10.6. The highest BCUT2D eigenvalue weighted by atomic mass is 19.1. The molecule has 0 saturated heterocycles. The van der Waals surface area contributed by atoms with E-state index in [1.807, 2.05) is 0 Å². The monoisotopic (exact) mass is 251 g/mol. The molecule has 0 unspecified atom stereocenters. The van der Waals surface area contributed by atoms with Crippen molar-refractivity contribution < 1.29 is 19.4 Å². The van der Waals surface area contributed by atoms with Crippen LogP contribution in [0.3, 0.4) is 0 Å². The predicted octanol–water partition coefficient (Wildman–Crippen LogP) is 0.775. The Labute approximate surface area is 101 Å². The van der Waals surface area contributed by atoms with Gasteiger partial charge in [0, 0.05) is 5.56 Å². The maximum absolute atomic E-state index is 13.7. The number of aromatic carboxylic acids is 1. The standard InChI is InChI=1S/C11H10FN3O3/c12-8-4-2-1-3-7(8)10-9(11(17)18)13-14-15(10)5-6-16/h1-4,16H,5-6H2,(H,17,18). The van der Waals surface area contributed by atoms with E-state index in [4.69, 9.17) is 10.2 Å². The van der Waals surface area contributed by atoms with Crippen molar-refractivity contribution in [3.63, 3.8) is 0 Å². The first kappa shape index (κ1) is 12.2. The summed E-state index contributed by atoms with van der Waals surface area (Å²) in [5.41, 5.74) is -0.198. The number of carboxylic acid groups (broad SMARTS) is 1. The Kier molecular flexibility index (Phi) is 3.33. The van der Waals surface area contributed by atoms with Crippen molar-refractivity contribution in [3.05, 3.63) is 35.8 Å². The highest BCUT2D eigenvalue weighted by Gasteiger charge is 2.22. The molecule has 0 bridgehead atoms. The molecule has 1 heterocycles. The first-order valence-electron chi connectivity index (χ1n) is 5.17. The Morgan fingerprint density at radius 1 is 1.39 bits per heavy atom. The van der Waals surface area contributed by atoms with Gasteiger partial charge in [0.25, 0.3) is 0 Å². The fourth-order valence-corrected chi connectivity index (χ4v) is 1.63. The maximum atomic E-state index is 13.7. The minimum absolute atomic E-state index is 0.0456. The molecule has 94 valence electrons. The highest BCUT2D eigenvalue weighted by molar-refractivity contribution is 5.92. The molecule has 2 aromatic rings. The molecular formula is C11H10FN3O3. The van der Waals surface area contributed by atoms with Gasteiger partial charge in [-0.25, -0.2) is 13.9 Å². The lowest BCUT2D eigenvalue weighted by Crippen LogP contribution is -2.08. The number of aliphatic hydroxyl groups is 1. The Balaban J connectivity index is 2.63. The molecule has 1 aromatic heterocycles. The average Bonchev–Trinajstić information content (AvgIpc) is 2.74. The number of nitrogens with zero attached hydrogens (tertiary/aromatic N) is 3. The zero-order chi connectivity index (χ0) is 13.1. The number of benzene rings is 1. The molecule has 18 heavy (non-hydrogen) atoms. The van der Waals surface area contributed by atoms with Crippen molar-refractivity contribution in [1.29, 1.82) is 0 Å². The summed E-state index contributed by atoms with van der Waals surface area (Å²) in [4.78, 5) is 11.0. The zero-order valence-corrected chi connectivity index (χ0v) is 9.25. The van der Waals surface area contributed by atoms with Crippen LogP contribution < -0.4 is 0 Å². The highest BCUT2D eigenvalue weighted by Crippen LogP contribution is 2.24. The average molecular weight is 251 g/mol. The van der Waals surface area contributed by atoms with Crippen molar-refractivity contribution in [2.45, 2.75) is 6.54 Å². The van der Waals surface area contributed by atoms with E-state index in [9.17, 15) is 9.18 Å². The summed E-state index contributed by atoms with van der Waals surface area (Å²) in [7, 11) is 0. The third-order valence-corrected chi connectivity index (χ3v) is 2.38. The van der Waals surface area contributed by atoms with Gasteiger partial charge in [-0.05, 0) is 12.1 Å². The molecule has 0 atom stereocenters. The largest absolute Gasteiger partial charge is 0.476 e. The fourth-order valence-electron chi connectivity index (χ4n) is 1.63. The van der Waals surface area contributed by atoms with Gasteiger partial charge in [0.15, 0.2) is 5.69 Å². The van der Waals surface area contributed by atoms with Crippen LogP contribution in [-0.2, 0) is 6.54 Å². The van der Waals surface area contributed by atoms with Gasteiger partial charge < -0.3 is 10.2 Å². The number of carboxylic acids is 1. The van der Waals surface area contributed by atoms with Gasteiger partial charge in [-0.15, -0.1) is 5.10 Å². The molecule has 0 aliphatic carbocycles. The van der Waals surface area contributed by atoms with Crippen molar-refractivity contribution in [2.24, 2.45) is 0 Å². The summed E-state index contributed by atoms with van der Waals surface area (Å²) in [5, 5.41) is 25.0. The number of hydrogen-bond acceptors (Lipinski definition) is 4. The summed E-state index contributed by atoms with van der Waals surface area (Å²) in [6, 6.07) is 5.74. The first-order chi connectivity index (χ1) is 8.65. The van der Waals surface area contributed by atoms with Gasteiger partial charge in [0.1, 0.15) is 11.5 Å². The van der Waals surface area contributed by atoms with Gasteiger partial charge in [0.05, 0.1) is 13.2 Å². The molecule has 2 rings (SSSR count).